The third-order valence-electron chi connectivity index (χ3n) is 4.94. The van der Waals surface area contributed by atoms with Gasteiger partial charge in [-0.1, -0.05) is 18.2 Å². The summed E-state index contributed by atoms with van der Waals surface area (Å²) in [6, 6.07) is 12.0. The van der Waals surface area contributed by atoms with Gasteiger partial charge in [0, 0.05) is 12.2 Å². The van der Waals surface area contributed by atoms with Crippen LogP contribution in [0.1, 0.15) is 35.6 Å². The van der Waals surface area contributed by atoms with Gasteiger partial charge in [-0.3, -0.25) is 4.79 Å². The summed E-state index contributed by atoms with van der Waals surface area (Å²) in [6.07, 6.45) is 1.53. The highest BCUT2D eigenvalue weighted by Crippen LogP contribution is 2.31. The zero-order valence-electron chi connectivity index (χ0n) is 16.0. The Labute approximate surface area is 155 Å². The van der Waals surface area contributed by atoms with Crippen molar-refractivity contribution in [2.24, 2.45) is 0 Å². The van der Waals surface area contributed by atoms with Gasteiger partial charge in [0.15, 0.2) is 0 Å². The average Bonchev–Trinajstić information content (AvgIpc) is 2.65. The van der Waals surface area contributed by atoms with Crippen LogP contribution in [-0.4, -0.2) is 25.7 Å². The molecule has 0 saturated heterocycles. The lowest BCUT2D eigenvalue weighted by molar-refractivity contribution is -0.129. The van der Waals surface area contributed by atoms with E-state index in [1.54, 1.807) is 7.11 Å². The maximum Gasteiger partial charge on any atom is 0.255 e. The molecule has 0 spiro atoms. The van der Waals surface area contributed by atoms with E-state index in [1.807, 2.05) is 36.1 Å². The van der Waals surface area contributed by atoms with Crippen LogP contribution in [0.5, 0.6) is 5.75 Å². The van der Waals surface area contributed by atoms with Gasteiger partial charge >= 0.3 is 0 Å². The first-order valence-corrected chi connectivity index (χ1v) is 9.15. The monoisotopic (exact) mass is 353 g/mol. The third kappa shape index (κ3) is 3.91. The summed E-state index contributed by atoms with van der Waals surface area (Å²) in [7, 11) is 1.64. The molecule has 0 radical (unpaired) electrons. The van der Waals surface area contributed by atoms with Crippen molar-refractivity contribution in [3.8, 4) is 5.75 Å². The van der Waals surface area contributed by atoms with Crippen molar-refractivity contribution in [2.75, 3.05) is 18.6 Å². The molecule has 0 fully saturated rings. The van der Waals surface area contributed by atoms with E-state index in [0.29, 0.717) is 6.61 Å². The number of benzene rings is 2. The molecule has 4 nitrogen and oxygen atoms in total. The summed E-state index contributed by atoms with van der Waals surface area (Å²) in [6.45, 7) is 7.18. The van der Waals surface area contributed by atoms with E-state index in [-0.39, 0.29) is 5.91 Å². The first-order chi connectivity index (χ1) is 12.5. The molecule has 138 valence electrons. The average molecular weight is 353 g/mol. The number of aryl methyl sites for hydroxylation is 2. The lowest BCUT2D eigenvalue weighted by atomic mass is 9.95. The van der Waals surface area contributed by atoms with Crippen LogP contribution < -0.4 is 9.64 Å². The molecule has 0 N–H and O–H groups in total. The zero-order valence-corrected chi connectivity index (χ0v) is 16.0. The van der Waals surface area contributed by atoms with Gasteiger partial charge in [-0.25, -0.2) is 0 Å². The van der Waals surface area contributed by atoms with E-state index in [4.69, 9.17) is 9.47 Å². The molecule has 1 aliphatic heterocycles. The largest absolute Gasteiger partial charge is 0.497 e. The second kappa shape index (κ2) is 7.92. The van der Waals surface area contributed by atoms with Crippen LogP contribution in [0, 0.1) is 13.8 Å². The SMILES string of the molecule is COc1cccc(COC(C)C(=O)N2CCCc3c(C)cc(C)cc32)c1. The van der Waals surface area contributed by atoms with Crippen LogP contribution in [-0.2, 0) is 22.6 Å². The number of methoxy groups -OCH3 is 1. The van der Waals surface area contributed by atoms with Crippen LogP contribution in [0.25, 0.3) is 0 Å². The standard InChI is InChI=1S/C22H27NO3/c1-15-11-16(2)20-9-6-10-23(21(20)12-15)22(24)17(3)26-14-18-7-5-8-19(13-18)25-4/h5,7-8,11-13,17H,6,9-10,14H2,1-4H3. The number of nitrogens with zero attached hydrogens (tertiary/aromatic N) is 1. The van der Waals surface area contributed by atoms with E-state index in [9.17, 15) is 4.79 Å². The van der Waals surface area contributed by atoms with Gasteiger partial charge in [0.25, 0.3) is 5.91 Å². The van der Waals surface area contributed by atoms with Gasteiger partial charge in [-0.05, 0) is 74.1 Å². The minimum absolute atomic E-state index is 0.0267. The topological polar surface area (TPSA) is 38.8 Å². The third-order valence-corrected chi connectivity index (χ3v) is 4.94. The predicted molar refractivity (Wildman–Crippen MR) is 104 cm³/mol. The summed E-state index contributed by atoms with van der Waals surface area (Å²) >= 11 is 0. The van der Waals surface area contributed by atoms with Gasteiger partial charge in [0.2, 0.25) is 0 Å². The molecule has 1 aliphatic rings. The van der Waals surface area contributed by atoms with Gasteiger partial charge in [-0.15, -0.1) is 0 Å². The first-order valence-electron chi connectivity index (χ1n) is 9.15. The molecule has 1 atom stereocenters. The van der Waals surface area contributed by atoms with Crippen molar-refractivity contribution in [3.05, 3.63) is 58.7 Å². The number of amides is 1. The molecular weight excluding hydrogens is 326 g/mol. The summed E-state index contributed by atoms with van der Waals surface area (Å²) in [5.74, 6) is 0.819. The van der Waals surface area contributed by atoms with Crippen molar-refractivity contribution >= 4 is 11.6 Å². The minimum atomic E-state index is -0.493. The molecule has 0 aromatic heterocycles. The van der Waals surface area contributed by atoms with E-state index < -0.39 is 6.10 Å². The Hall–Kier alpha value is -2.33. The van der Waals surface area contributed by atoms with Crippen molar-refractivity contribution in [3.63, 3.8) is 0 Å². The van der Waals surface area contributed by atoms with E-state index in [0.717, 1.165) is 36.4 Å². The molecule has 2 aromatic carbocycles. The second-order valence-corrected chi connectivity index (χ2v) is 6.98. The molecule has 0 bridgehead atoms. The van der Waals surface area contributed by atoms with Crippen molar-refractivity contribution < 1.29 is 14.3 Å². The molecule has 1 heterocycles. The summed E-state index contributed by atoms with van der Waals surface area (Å²) in [4.78, 5) is 14.9. The number of anilines is 1. The van der Waals surface area contributed by atoms with E-state index in [2.05, 4.69) is 26.0 Å². The van der Waals surface area contributed by atoms with Gasteiger partial charge in [0.1, 0.15) is 11.9 Å². The molecule has 26 heavy (non-hydrogen) atoms. The Balaban J connectivity index is 1.71. The van der Waals surface area contributed by atoms with Crippen molar-refractivity contribution in [2.45, 2.75) is 46.3 Å². The van der Waals surface area contributed by atoms with Crippen molar-refractivity contribution in [1.82, 2.24) is 0 Å². The van der Waals surface area contributed by atoms with Crippen LogP contribution in [0.4, 0.5) is 5.69 Å². The Kier molecular flexibility index (Phi) is 5.62. The Morgan fingerprint density at radius 2 is 2.04 bits per heavy atom. The normalized spacial score (nSPS) is 14.7. The second-order valence-electron chi connectivity index (χ2n) is 6.98. The Morgan fingerprint density at radius 3 is 2.81 bits per heavy atom. The number of fused-ring (bicyclic) bond motifs is 1. The minimum Gasteiger partial charge on any atom is -0.497 e. The predicted octanol–water partition coefficient (Wildman–Crippen LogP) is 4.20. The zero-order chi connectivity index (χ0) is 18.7. The quantitative estimate of drug-likeness (QED) is 0.809. The molecule has 0 aliphatic carbocycles. The number of hydrogen-bond donors (Lipinski definition) is 0. The number of carbonyl (C=O) groups is 1. The number of hydrogen-bond acceptors (Lipinski definition) is 3. The number of ether oxygens (including phenoxy) is 2. The van der Waals surface area contributed by atoms with Gasteiger partial charge in [-0.2, -0.15) is 0 Å². The number of rotatable bonds is 5. The summed E-state index contributed by atoms with van der Waals surface area (Å²) in [5.41, 5.74) is 5.79. The summed E-state index contributed by atoms with van der Waals surface area (Å²) < 4.78 is 11.1. The van der Waals surface area contributed by atoms with Crippen LogP contribution in [0.2, 0.25) is 0 Å². The maximum absolute atomic E-state index is 13.0. The lowest BCUT2D eigenvalue weighted by Crippen LogP contribution is -2.42. The molecule has 1 unspecified atom stereocenters. The smallest absolute Gasteiger partial charge is 0.255 e. The Bertz CT molecular complexity index is 800. The van der Waals surface area contributed by atoms with Gasteiger partial charge < -0.3 is 14.4 Å². The first kappa shape index (κ1) is 18.5. The molecule has 4 heteroatoms. The molecular formula is C22H27NO3. The highest BCUT2D eigenvalue weighted by molar-refractivity contribution is 5.97. The molecule has 2 aromatic rings. The fraction of sp³-hybridized carbons (Fsp3) is 0.409. The van der Waals surface area contributed by atoms with Crippen LogP contribution in [0.15, 0.2) is 36.4 Å². The fourth-order valence-electron chi connectivity index (χ4n) is 3.58. The Morgan fingerprint density at radius 1 is 1.23 bits per heavy atom. The molecule has 1 amide bonds. The van der Waals surface area contributed by atoms with Gasteiger partial charge in [0.05, 0.1) is 13.7 Å². The highest BCUT2D eigenvalue weighted by Gasteiger charge is 2.27. The fourth-order valence-corrected chi connectivity index (χ4v) is 3.58. The van der Waals surface area contributed by atoms with Crippen LogP contribution in [0.3, 0.4) is 0 Å². The van der Waals surface area contributed by atoms with E-state index in [1.165, 1.54) is 16.7 Å². The molecule has 3 rings (SSSR count). The van der Waals surface area contributed by atoms with Crippen molar-refractivity contribution in [1.29, 1.82) is 0 Å². The highest BCUT2D eigenvalue weighted by atomic mass is 16.5. The number of carbonyl (C=O) groups excluding carboxylic acids is 1. The maximum atomic E-state index is 13.0. The summed E-state index contributed by atoms with van der Waals surface area (Å²) in [5, 5.41) is 0. The lowest BCUT2D eigenvalue weighted by Gasteiger charge is -2.32. The molecule has 0 saturated carbocycles. The van der Waals surface area contributed by atoms with Crippen LogP contribution >= 0.6 is 0 Å². The van der Waals surface area contributed by atoms with E-state index >= 15 is 0 Å².